The lowest BCUT2D eigenvalue weighted by atomic mass is 9.99. The van der Waals surface area contributed by atoms with Crippen LogP contribution < -0.4 is 0 Å². The van der Waals surface area contributed by atoms with Gasteiger partial charge in [0.25, 0.3) is 0 Å². The molecule has 1 aliphatic carbocycles. The summed E-state index contributed by atoms with van der Waals surface area (Å²) in [4.78, 5) is 0. The van der Waals surface area contributed by atoms with Gasteiger partial charge in [0.05, 0.1) is 11.0 Å². The van der Waals surface area contributed by atoms with Gasteiger partial charge >= 0.3 is 0 Å². The highest BCUT2D eigenvalue weighted by Crippen LogP contribution is 2.39. The quantitative estimate of drug-likeness (QED) is 0.273. The Morgan fingerprint density at radius 3 is 1.94 bits per heavy atom. The first-order chi connectivity index (χ1) is 15.9. The van der Waals surface area contributed by atoms with Gasteiger partial charge in [0.1, 0.15) is 0 Å². The van der Waals surface area contributed by atoms with Gasteiger partial charge in [0.15, 0.2) is 0 Å². The maximum Gasteiger partial charge on any atom is 0.0541 e. The van der Waals surface area contributed by atoms with Crippen molar-refractivity contribution in [3.8, 4) is 27.9 Å². The van der Waals surface area contributed by atoms with E-state index in [0.29, 0.717) is 0 Å². The van der Waals surface area contributed by atoms with Crippen molar-refractivity contribution in [2.45, 2.75) is 6.42 Å². The van der Waals surface area contributed by atoms with E-state index in [1.807, 2.05) is 0 Å². The molecule has 0 bridgehead atoms. The van der Waals surface area contributed by atoms with E-state index < -0.39 is 0 Å². The Kier molecular flexibility index (Phi) is 3.68. The van der Waals surface area contributed by atoms with E-state index in [1.165, 1.54) is 60.9 Å². The molecule has 0 amide bonds. The van der Waals surface area contributed by atoms with E-state index in [2.05, 4.69) is 120 Å². The van der Waals surface area contributed by atoms with E-state index in [4.69, 9.17) is 0 Å². The molecule has 0 radical (unpaired) electrons. The van der Waals surface area contributed by atoms with Crippen LogP contribution in [-0.4, -0.2) is 4.57 Å². The normalized spacial score (nSPS) is 12.2. The lowest BCUT2D eigenvalue weighted by Crippen LogP contribution is -1.94. The van der Waals surface area contributed by atoms with Gasteiger partial charge in [-0.1, -0.05) is 91.0 Å². The van der Waals surface area contributed by atoms with E-state index in [1.54, 1.807) is 0 Å². The third kappa shape index (κ3) is 2.52. The molecule has 1 heteroatoms. The third-order valence-electron chi connectivity index (χ3n) is 6.81. The molecule has 1 heterocycles. The fourth-order valence-corrected chi connectivity index (χ4v) is 5.35. The van der Waals surface area contributed by atoms with Gasteiger partial charge in [-0.3, -0.25) is 0 Å². The van der Waals surface area contributed by atoms with Crippen molar-refractivity contribution in [3.63, 3.8) is 0 Å². The summed E-state index contributed by atoms with van der Waals surface area (Å²) >= 11 is 0. The molecule has 0 unspecified atom stereocenters. The number of hydrogen-bond acceptors (Lipinski definition) is 0. The van der Waals surface area contributed by atoms with Crippen molar-refractivity contribution in [2.75, 3.05) is 0 Å². The van der Waals surface area contributed by atoms with Crippen LogP contribution >= 0.6 is 0 Å². The Morgan fingerprint density at radius 1 is 0.469 bits per heavy atom. The van der Waals surface area contributed by atoms with Crippen molar-refractivity contribution in [1.29, 1.82) is 0 Å². The van der Waals surface area contributed by atoms with Gasteiger partial charge in [-0.15, -0.1) is 0 Å². The molecular weight excluding hydrogens is 386 g/mol. The minimum atomic E-state index is 1.02. The van der Waals surface area contributed by atoms with Crippen molar-refractivity contribution >= 4 is 21.8 Å². The number of rotatable bonds is 2. The molecule has 0 fully saturated rings. The Balaban J connectivity index is 1.39. The van der Waals surface area contributed by atoms with E-state index in [9.17, 15) is 0 Å². The van der Waals surface area contributed by atoms with Crippen molar-refractivity contribution in [2.24, 2.45) is 0 Å². The van der Waals surface area contributed by atoms with Gasteiger partial charge in [-0.05, 0) is 64.1 Å². The molecular formula is C31H21N. The van der Waals surface area contributed by atoms with E-state index in [-0.39, 0.29) is 0 Å². The molecule has 0 aliphatic heterocycles. The Morgan fingerprint density at radius 2 is 1.12 bits per heavy atom. The summed E-state index contributed by atoms with van der Waals surface area (Å²) in [5, 5.41) is 2.59. The lowest BCUT2D eigenvalue weighted by Gasteiger charge is -2.11. The van der Waals surface area contributed by atoms with Gasteiger partial charge in [0.2, 0.25) is 0 Å². The zero-order chi connectivity index (χ0) is 21.1. The summed E-state index contributed by atoms with van der Waals surface area (Å²) in [7, 11) is 0. The molecule has 6 aromatic rings. The molecule has 7 rings (SSSR count). The minimum Gasteiger partial charge on any atom is -0.309 e. The highest BCUT2D eigenvalue weighted by molar-refractivity contribution is 6.09. The largest absolute Gasteiger partial charge is 0.309 e. The first kappa shape index (κ1) is 17.6. The SMILES string of the molecule is c1cc(-c2ccc3c(c2)Cc2ccccc2-3)cc(-n2c3ccccc3c3ccccc32)c1. The number of benzene rings is 5. The van der Waals surface area contributed by atoms with Crippen LogP contribution in [0.1, 0.15) is 11.1 Å². The van der Waals surface area contributed by atoms with Crippen LogP contribution in [-0.2, 0) is 6.42 Å². The summed E-state index contributed by atoms with van der Waals surface area (Å²) in [6.45, 7) is 0. The predicted molar refractivity (Wildman–Crippen MR) is 134 cm³/mol. The number of para-hydroxylation sites is 2. The van der Waals surface area contributed by atoms with Crippen LogP contribution in [0.4, 0.5) is 0 Å². The maximum absolute atomic E-state index is 2.39. The van der Waals surface area contributed by atoms with Crippen LogP contribution in [0.2, 0.25) is 0 Å². The summed E-state index contributed by atoms with van der Waals surface area (Å²) in [6, 6.07) is 42.0. The molecule has 0 saturated heterocycles. The smallest absolute Gasteiger partial charge is 0.0541 e. The highest BCUT2D eigenvalue weighted by atomic mass is 15.0. The predicted octanol–water partition coefficient (Wildman–Crippen LogP) is 8.02. The van der Waals surface area contributed by atoms with Gasteiger partial charge in [0, 0.05) is 16.5 Å². The zero-order valence-electron chi connectivity index (χ0n) is 17.6. The van der Waals surface area contributed by atoms with Gasteiger partial charge < -0.3 is 4.57 Å². The van der Waals surface area contributed by atoms with E-state index >= 15 is 0 Å². The molecule has 0 atom stereocenters. The molecule has 1 nitrogen and oxygen atoms in total. The summed E-state index contributed by atoms with van der Waals surface area (Å²) in [5.41, 5.74) is 11.8. The second-order valence-electron chi connectivity index (χ2n) is 8.63. The molecule has 1 aromatic heterocycles. The van der Waals surface area contributed by atoms with Crippen LogP contribution in [0.3, 0.4) is 0 Å². The fourth-order valence-electron chi connectivity index (χ4n) is 5.35. The third-order valence-corrected chi connectivity index (χ3v) is 6.81. The van der Waals surface area contributed by atoms with E-state index in [0.717, 1.165) is 6.42 Å². The lowest BCUT2D eigenvalue weighted by molar-refractivity contribution is 1.18. The second-order valence-corrected chi connectivity index (χ2v) is 8.63. The minimum absolute atomic E-state index is 1.02. The van der Waals surface area contributed by atoms with Crippen LogP contribution in [0.25, 0.3) is 49.7 Å². The number of nitrogens with zero attached hydrogens (tertiary/aromatic N) is 1. The topological polar surface area (TPSA) is 4.93 Å². The molecule has 5 aromatic carbocycles. The first-order valence-electron chi connectivity index (χ1n) is 11.2. The highest BCUT2D eigenvalue weighted by Gasteiger charge is 2.18. The van der Waals surface area contributed by atoms with Gasteiger partial charge in [-0.2, -0.15) is 0 Å². The maximum atomic E-state index is 2.39. The Bertz CT molecular complexity index is 1600. The number of hydrogen-bond donors (Lipinski definition) is 0. The number of fused-ring (bicyclic) bond motifs is 6. The summed E-state index contributed by atoms with van der Waals surface area (Å²) < 4.78 is 2.39. The van der Waals surface area contributed by atoms with Gasteiger partial charge in [-0.25, -0.2) is 0 Å². The van der Waals surface area contributed by atoms with Crippen molar-refractivity contribution < 1.29 is 0 Å². The molecule has 32 heavy (non-hydrogen) atoms. The fraction of sp³-hybridized carbons (Fsp3) is 0.0323. The monoisotopic (exact) mass is 407 g/mol. The molecule has 0 spiro atoms. The standard InChI is InChI=1S/C31H21N/c1-2-11-26-23(8-1)19-24-18-22(16-17-27(24)26)21-9-7-10-25(20-21)32-30-14-5-3-12-28(30)29-13-4-6-15-31(29)32/h1-18,20H,19H2. The average Bonchev–Trinajstić information content (AvgIpc) is 3.39. The molecule has 150 valence electrons. The van der Waals surface area contributed by atoms with Crippen LogP contribution in [0.5, 0.6) is 0 Å². The second kappa shape index (κ2) is 6.70. The van der Waals surface area contributed by atoms with Crippen LogP contribution in [0.15, 0.2) is 115 Å². The van der Waals surface area contributed by atoms with Crippen molar-refractivity contribution in [1.82, 2.24) is 4.57 Å². The Hall–Kier alpha value is -4.10. The molecule has 1 aliphatic rings. The zero-order valence-corrected chi connectivity index (χ0v) is 17.6. The average molecular weight is 408 g/mol. The molecule has 0 N–H and O–H groups in total. The summed E-state index contributed by atoms with van der Waals surface area (Å²) in [6.07, 6.45) is 1.02. The Labute approximate surface area is 187 Å². The number of aromatic nitrogens is 1. The van der Waals surface area contributed by atoms with Crippen molar-refractivity contribution in [3.05, 3.63) is 126 Å². The molecule has 0 saturated carbocycles. The van der Waals surface area contributed by atoms with Crippen LogP contribution in [0, 0.1) is 0 Å². The first-order valence-corrected chi connectivity index (χ1v) is 11.2. The summed E-state index contributed by atoms with van der Waals surface area (Å²) in [5.74, 6) is 0.